The maximum atomic E-state index is 4.66. The van der Waals surface area contributed by atoms with Gasteiger partial charge in [0.15, 0.2) is 0 Å². The van der Waals surface area contributed by atoms with Gasteiger partial charge in [0.05, 0.1) is 5.69 Å². The summed E-state index contributed by atoms with van der Waals surface area (Å²) in [6, 6.07) is 0. The predicted molar refractivity (Wildman–Crippen MR) is 76.5 cm³/mol. The van der Waals surface area contributed by atoms with Crippen molar-refractivity contribution in [3.05, 3.63) is 16.1 Å². The fraction of sp³-hybridized carbons (Fsp3) is 0.786. The molecule has 2 nitrogen and oxygen atoms in total. The van der Waals surface area contributed by atoms with Crippen LogP contribution in [0.3, 0.4) is 0 Å². The summed E-state index contributed by atoms with van der Waals surface area (Å²) in [4.78, 5) is 4.66. The average molecular weight is 254 g/mol. The molecular weight excluding hydrogens is 228 g/mol. The number of hydrogen-bond acceptors (Lipinski definition) is 3. The molecule has 0 saturated carbocycles. The molecule has 17 heavy (non-hydrogen) atoms. The Kier molecular flexibility index (Phi) is 7.45. The quantitative estimate of drug-likeness (QED) is 0.673. The minimum Gasteiger partial charge on any atom is -0.310 e. The number of nitrogens with one attached hydrogen (secondary N) is 1. The van der Waals surface area contributed by atoms with Crippen molar-refractivity contribution in [3.63, 3.8) is 0 Å². The van der Waals surface area contributed by atoms with Crippen molar-refractivity contribution >= 4 is 11.3 Å². The predicted octanol–water partition coefficient (Wildman–Crippen LogP) is 4.01. The van der Waals surface area contributed by atoms with Gasteiger partial charge in [0.25, 0.3) is 0 Å². The highest BCUT2D eigenvalue weighted by Crippen LogP contribution is 2.13. The molecule has 0 aliphatic heterocycles. The van der Waals surface area contributed by atoms with Crippen molar-refractivity contribution in [1.82, 2.24) is 10.3 Å². The molecule has 0 fully saturated rings. The minimum atomic E-state index is 0.712. The number of rotatable bonds is 9. The summed E-state index contributed by atoms with van der Waals surface area (Å²) in [5, 5.41) is 6.89. The summed E-state index contributed by atoms with van der Waals surface area (Å²) in [5.74, 6) is 0.712. The maximum Gasteiger partial charge on any atom is 0.107 e. The van der Waals surface area contributed by atoms with Crippen molar-refractivity contribution in [1.29, 1.82) is 0 Å². The van der Waals surface area contributed by atoms with E-state index in [9.17, 15) is 0 Å². The second-order valence-corrected chi connectivity index (χ2v) is 6.01. The van der Waals surface area contributed by atoms with Crippen LogP contribution in [0.25, 0.3) is 0 Å². The van der Waals surface area contributed by atoms with E-state index in [0.717, 1.165) is 19.5 Å². The van der Waals surface area contributed by atoms with Crippen molar-refractivity contribution in [2.24, 2.45) is 5.92 Å². The van der Waals surface area contributed by atoms with E-state index in [1.165, 1.54) is 36.4 Å². The summed E-state index contributed by atoms with van der Waals surface area (Å²) in [7, 11) is 0. The fourth-order valence-electron chi connectivity index (χ4n) is 1.75. The Labute approximate surface area is 110 Å². The largest absolute Gasteiger partial charge is 0.310 e. The van der Waals surface area contributed by atoms with Crippen LogP contribution in [0.1, 0.15) is 57.2 Å². The van der Waals surface area contributed by atoms with Crippen LogP contribution >= 0.6 is 11.3 Å². The van der Waals surface area contributed by atoms with E-state index in [0.29, 0.717) is 5.92 Å². The zero-order chi connectivity index (χ0) is 12.5. The molecule has 0 saturated heterocycles. The number of thiazole rings is 1. The van der Waals surface area contributed by atoms with Crippen LogP contribution in [0.2, 0.25) is 0 Å². The molecule has 1 N–H and O–H groups in total. The number of hydrogen-bond donors (Lipinski definition) is 1. The SMILES string of the molecule is CCCCCCc1csc(CNCC(C)C)n1. The van der Waals surface area contributed by atoms with Crippen molar-refractivity contribution in [2.75, 3.05) is 6.54 Å². The number of aryl methyl sites for hydroxylation is 1. The molecule has 1 aromatic rings. The van der Waals surface area contributed by atoms with Gasteiger partial charge in [0.1, 0.15) is 5.01 Å². The molecular formula is C14H26N2S. The lowest BCUT2D eigenvalue weighted by Crippen LogP contribution is -2.18. The second-order valence-electron chi connectivity index (χ2n) is 5.07. The van der Waals surface area contributed by atoms with Crippen molar-refractivity contribution < 1.29 is 0 Å². The van der Waals surface area contributed by atoms with Crippen LogP contribution in [-0.2, 0) is 13.0 Å². The lowest BCUT2D eigenvalue weighted by molar-refractivity contribution is 0.551. The number of aromatic nitrogens is 1. The van der Waals surface area contributed by atoms with Gasteiger partial charge < -0.3 is 5.32 Å². The van der Waals surface area contributed by atoms with E-state index in [4.69, 9.17) is 0 Å². The van der Waals surface area contributed by atoms with E-state index in [1.807, 2.05) is 0 Å². The molecule has 98 valence electrons. The summed E-state index contributed by atoms with van der Waals surface area (Å²) in [5.41, 5.74) is 1.28. The molecule has 0 atom stereocenters. The molecule has 0 amide bonds. The van der Waals surface area contributed by atoms with E-state index in [1.54, 1.807) is 11.3 Å². The van der Waals surface area contributed by atoms with Gasteiger partial charge >= 0.3 is 0 Å². The third-order valence-electron chi connectivity index (χ3n) is 2.71. The Morgan fingerprint density at radius 2 is 2.12 bits per heavy atom. The maximum absolute atomic E-state index is 4.66. The van der Waals surface area contributed by atoms with Crippen LogP contribution in [0.4, 0.5) is 0 Å². The first kappa shape index (κ1) is 14.7. The molecule has 0 bridgehead atoms. The van der Waals surface area contributed by atoms with Gasteiger partial charge in [-0.2, -0.15) is 0 Å². The first-order valence-corrected chi connectivity index (χ1v) is 7.74. The number of unbranched alkanes of at least 4 members (excludes halogenated alkanes) is 3. The van der Waals surface area contributed by atoms with Crippen LogP contribution in [0.15, 0.2) is 5.38 Å². The Morgan fingerprint density at radius 3 is 2.82 bits per heavy atom. The standard InChI is InChI=1S/C14H26N2S/c1-4-5-6-7-8-13-11-17-14(16-13)10-15-9-12(2)3/h11-12,15H,4-10H2,1-3H3. The van der Waals surface area contributed by atoms with Gasteiger partial charge in [-0.05, 0) is 25.3 Å². The zero-order valence-electron chi connectivity index (χ0n) is 11.5. The van der Waals surface area contributed by atoms with E-state index in [-0.39, 0.29) is 0 Å². The Morgan fingerprint density at radius 1 is 1.29 bits per heavy atom. The topological polar surface area (TPSA) is 24.9 Å². The van der Waals surface area contributed by atoms with E-state index >= 15 is 0 Å². The molecule has 3 heteroatoms. The minimum absolute atomic E-state index is 0.712. The fourth-order valence-corrected chi connectivity index (χ4v) is 2.54. The summed E-state index contributed by atoms with van der Waals surface area (Å²) < 4.78 is 0. The highest BCUT2D eigenvalue weighted by molar-refractivity contribution is 7.09. The molecule has 0 radical (unpaired) electrons. The molecule has 0 spiro atoms. The van der Waals surface area contributed by atoms with Gasteiger partial charge in [-0.3, -0.25) is 0 Å². The van der Waals surface area contributed by atoms with E-state index < -0.39 is 0 Å². The Bertz CT molecular complexity index is 294. The third-order valence-corrected chi connectivity index (χ3v) is 3.61. The molecule has 1 aromatic heterocycles. The van der Waals surface area contributed by atoms with Crippen LogP contribution in [-0.4, -0.2) is 11.5 Å². The second kappa shape index (κ2) is 8.65. The first-order chi connectivity index (χ1) is 8.22. The van der Waals surface area contributed by atoms with Crippen molar-refractivity contribution in [3.8, 4) is 0 Å². The zero-order valence-corrected chi connectivity index (χ0v) is 12.3. The van der Waals surface area contributed by atoms with E-state index in [2.05, 4.69) is 36.5 Å². The normalized spacial score (nSPS) is 11.3. The summed E-state index contributed by atoms with van der Waals surface area (Å²) in [6.07, 6.45) is 6.44. The van der Waals surface area contributed by atoms with Crippen LogP contribution in [0, 0.1) is 5.92 Å². The molecule has 0 aliphatic rings. The van der Waals surface area contributed by atoms with Crippen LogP contribution < -0.4 is 5.32 Å². The molecule has 0 aliphatic carbocycles. The van der Waals surface area contributed by atoms with Gasteiger partial charge in [-0.25, -0.2) is 4.98 Å². The molecule has 1 rings (SSSR count). The Hall–Kier alpha value is -0.410. The monoisotopic (exact) mass is 254 g/mol. The average Bonchev–Trinajstić information content (AvgIpc) is 2.72. The van der Waals surface area contributed by atoms with Gasteiger partial charge in [-0.1, -0.05) is 40.0 Å². The van der Waals surface area contributed by atoms with Gasteiger partial charge in [0.2, 0.25) is 0 Å². The van der Waals surface area contributed by atoms with Crippen molar-refractivity contribution in [2.45, 2.75) is 59.4 Å². The first-order valence-electron chi connectivity index (χ1n) is 6.86. The van der Waals surface area contributed by atoms with Crippen LogP contribution in [0.5, 0.6) is 0 Å². The summed E-state index contributed by atoms with van der Waals surface area (Å²) in [6.45, 7) is 8.71. The Balaban J connectivity index is 2.18. The smallest absolute Gasteiger partial charge is 0.107 e. The van der Waals surface area contributed by atoms with Gasteiger partial charge in [0, 0.05) is 11.9 Å². The van der Waals surface area contributed by atoms with Gasteiger partial charge in [-0.15, -0.1) is 11.3 Å². The summed E-state index contributed by atoms with van der Waals surface area (Å²) >= 11 is 1.79. The lowest BCUT2D eigenvalue weighted by Gasteiger charge is -2.04. The lowest BCUT2D eigenvalue weighted by atomic mass is 10.1. The highest BCUT2D eigenvalue weighted by Gasteiger charge is 2.02. The third kappa shape index (κ3) is 6.79. The molecule has 0 unspecified atom stereocenters. The molecule has 0 aromatic carbocycles. The molecule has 1 heterocycles. The highest BCUT2D eigenvalue weighted by atomic mass is 32.1. The number of nitrogens with zero attached hydrogens (tertiary/aromatic N) is 1.